The summed E-state index contributed by atoms with van der Waals surface area (Å²) in [6.07, 6.45) is 2.06. The van der Waals surface area contributed by atoms with Gasteiger partial charge in [0.2, 0.25) is 0 Å². The maximum absolute atomic E-state index is 12.5. The van der Waals surface area contributed by atoms with E-state index in [0.29, 0.717) is 11.3 Å². The summed E-state index contributed by atoms with van der Waals surface area (Å²) in [7, 11) is 3.78. The van der Waals surface area contributed by atoms with Crippen LogP contribution in [0.25, 0.3) is 0 Å². The van der Waals surface area contributed by atoms with Crippen LogP contribution < -0.4 is 20.9 Å². The number of carbonyl (C=O) groups is 2. The zero-order chi connectivity index (χ0) is 18.7. The van der Waals surface area contributed by atoms with Crippen molar-refractivity contribution in [3.05, 3.63) is 53.6 Å². The number of nitrogens with zero attached hydrogens (tertiary/aromatic N) is 1. The van der Waals surface area contributed by atoms with Crippen LogP contribution >= 0.6 is 0 Å². The van der Waals surface area contributed by atoms with Crippen LogP contribution in [0.4, 0.5) is 21.9 Å². The Morgan fingerprint density at radius 2 is 1.69 bits per heavy atom. The third-order valence-electron chi connectivity index (χ3n) is 4.17. The lowest BCUT2D eigenvalue weighted by Crippen LogP contribution is -2.28. The smallest absolute Gasteiger partial charge is 0.323 e. The van der Waals surface area contributed by atoms with E-state index in [1.54, 1.807) is 12.1 Å². The highest BCUT2D eigenvalue weighted by molar-refractivity contribution is 6.04. The fourth-order valence-electron chi connectivity index (χ4n) is 2.69. The number of carbonyl (C=O) groups excluding carboxylic acids is 2. The molecule has 0 heterocycles. The Hall–Kier alpha value is -3.02. The number of nitrogens with one attached hydrogen (secondary N) is 3. The van der Waals surface area contributed by atoms with Gasteiger partial charge >= 0.3 is 6.03 Å². The molecule has 3 N–H and O–H groups in total. The first-order valence-corrected chi connectivity index (χ1v) is 8.69. The van der Waals surface area contributed by atoms with Crippen molar-refractivity contribution >= 4 is 29.0 Å². The fraction of sp³-hybridized carbons (Fsp3) is 0.300. The molecule has 6 heteroatoms. The van der Waals surface area contributed by atoms with Crippen LogP contribution in [0.3, 0.4) is 0 Å². The first-order valence-electron chi connectivity index (χ1n) is 8.69. The molecule has 0 spiro atoms. The van der Waals surface area contributed by atoms with Crippen LogP contribution in [0.15, 0.2) is 42.5 Å². The third-order valence-corrected chi connectivity index (χ3v) is 4.17. The second-order valence-corrected chi connectivity index (χ2v) is 6.82. The van der Waals surface area contributed by atoms with Gasteiger partial charge in [-0.15, -0.1) is 0 Å². The molecule has 2 aromatic rings. The van der Waals surface area contributed by atoms with Crippen molar-refractivity contribution in [1.82, 2.24) is 5.32 Å². The third kappa shape index (κ3) is 4.53. The quantitative estimate of drug-likeness (QED) is 0.770. The maximum Gasteiger partial charge on any atom is 0.323 e. The molecule has 3 amide bonds. The summed E-state index contributed by atoms with van der Waals surface area (Å²) in [6.45, 7) is 1.97. The van der Waals surface area contributed by atoms with E-state index in [1.807, 2.05) is 56.3 Å². The van der Waals surface area contributed by atoms with E-state index < -0.39 is 0 Å². The van der Waals surface area contributed by atoms with E-state index in [9.17, 15) is 9.59 Å². The van der Waals surface area contributed by atoms with Crippen molar-refractivity contribution in [2.75, 3.05) is 29.6 Å². The SMILES string of the molecule is Cc1cccc(NC(=O)Nc2ccc(N(C)C)c(C(=O)NC3CC3)c2)c1. The van der Waals surface area contributed by atoms with Crippen molar-refractivity contribution in [3.63, 3.8) is 0 Å². The van der Waals surface area contributed by atoms with Crippen LogP contribution in [-0.4, -0.2) is 32.1 Å². The predicted molar refractivity (Wildman–Crippen MR) is 105 cm³/mol. The van der Waals surface area contributed by atoms with Gasteiger partial charge in [-0.05, 0) is 55.7 Å². The monoisotopic (exact) mass is 352 g/mol. The van der Waals surface area contributed by atoms with Crippen LogP contribution in [-0.2, 0) is 0 Å². The largest absolute Gasteiger partial charge is 0.377 e. The van der Waals surface area contributed by atoms with Gasteiger partial charge in [0.1, 0.15) is 0 Å². The number of aryl methyl sites for hydroxylation is 1. The molecule has 0 aromatic heterocycles. The molecule has 1 aliphatic carbocycles. The summed E-state index contributed by atoms with van der Waals surface area (Å²) >= 11 is 0. The molecule has 0 aliphatic heterocycles. The second-order valence-electron chi connectivity index (χ2n) is 6.82. The summed E-state index contributed by atoms with van der Waals surface area (Å²) in [5.74, 6) is -0.112. The minimum atomic E-state index is -0.346. The number of anilines is 3. The fourth-order valence-corrected chi connectivity index (χ4v) is 2.69. The Kier molecular flexibility index (Phi) is 5.11. The topological polar surface area (TPSA) is 73.5 Å². The number of urea groups is 1. The van der Waals surface area contributed by atoms with Crippen LogP contribution in [0.1, 0.15) is 28.8 Å². The lowest BCUT2D eigenvalue weighted by molar-refractivity contribution is 0.0951. The average Bonchev–Trinajstić information content (AvgIpc) is 3.38. The van der Waals surface area contributed by atoms with Crippen LogP contribution in [0.2, 0.25) is 0 Å². The Bertz CT molecular complexity index is 828. The summed E-state index contributed by atoms with van der Waals surface area (Å²) in [5, 5.41) is 8.59. The lowest BCUT2D eigenvalue weighted by atomic mass is 10.1. The van der Waals surface area contributed by atoms with Crippen molar-refractivity contribution < 1.29 is 9.59 Å². The molecule has 0 atom stereocenters. The highest BCUT2D eigenvalue weighted by Gasteiger charge is 2.25. The van der Waals surface area contributed by atoms with Crippen molar-refractivity contribution in [3.8, 4) is 0 Å². The molecular formula is C20H24N4O2. The highest BCUT2D eigenvalue weighted by atomic mass is 16.2. The molecule has 6 nitrogen and oxygen atoms in total. The van der Waals surface area contributed by atoms with Crippen molar-refractivity contribution in [1.29, 1.82) is 0 Å². The zero-order valence-electron chi connectivity index (χ0n) is 15.3. The van der Waals surface area contributed by atoms with E-state index in [4.69, 9.17) is 0 Å². The minimum Gasteiger partial charge on any atom is -0.377 e. The number of hydrogen-bond acceptors (Lipinski definition) is 3. The lowest BCUT2D eigenvalue weighted by Gasteiger charge is -2.18. The van der Waals surface area contributed by atoms with Gasteiger partial charge in [-0.3, -0.25) is 4.79 Å². The van der Waals surface area contributed by atoms with E-state index >= 15 is 0 Å². The van der Waals surface area contributed by atoms with Gasteiger partial charge < -0.3 is 20.9 Å². The summed E-state index contributed by atoms with van der Waals surface area (Å²) in [6, 6.07) is 12.8. The molecule has 136 valence electrons. The van der Waals surface area contributed by atoms with Gasteiger partial charge in [0.25, 0.3) is 5.91 Å². The molecular weight excluding hydrogens is 328 g/mol. The molecule has 1 saturated carbocycles. The molecule has 2 aromatic carbocycles. The molecule has 0 radical (unpaired) electrons. The molecule has 1 aliphatic rings. The molecule has 0 saturated heterocycles. The predicted octanol–water partition coefficient (Wildman–Crippen LogP) is 3.60. The molecule has 26 heavy (non-hydrogen) atoms. The maximum atomic E-state index is 12.5. The van der Waals surface area contributed by atoms with Gasteiger partial charge in [-0.25, -0.2) is 4.79 Å². The van der Waals surface area contributed by atoms with E-state index in [2.05, 4.69) is 16.0 Å². The van der Waals surface area contributed by atoms with Crippen molar-refractivity contribution in [2.45, 2.75) is 25.8 Å². The highest BCUT2D eigenvalue weighted by Crippen LogP contribution is 2.25. The van der Waals surface area contributed by atoms with Gasteiger partial charge in [-0.2, -0.15) is 0 Å². The zero-order valence-corrected chi connectivity index (χ0v) is 15.3. The summed E-state index contributed by atoms with van der Waals surface area (Å²) in [4.78, 5) is 26.7. The molecule has 3 rings (SSSR count). The van der Waals surface area contributed by atoms with E-state index in [0.717, 1.165) is 29.8 Å². The van der Waals surface area contributed by atoms with Gasteiger partial charge in [0.05, 0.1) is 5.56 Å². The van der Waals surface area contributed by atoms with Gasteiger partial charge in [-0.1, -0.05) is 12.1 Å². The second kappa shape index (κ2) is 7.47. The first kappa shape index (κ1) is 17.8. The molecule has 1 fully saturated rings. The van der Waals surface area contributed by atoms with E-state index in [1.165, 1.54) is 0 Å². The summed E-state index contributed by atoms with van der Waals surface area (Å²) < 4.78 is 0. The van der Waals surface area contributed by atoms with Crippen LogP contribution in [0.5, 0.6) is 0 Å². The Morgan fingerprint density at radius 1 is 1.00 bits per heavy atom. The average molecular weight is 352 g/mol. The standard InChI is InChI=1S/C20H24N4O2/c1-13-5-4-6-15(11-13)22-20(26)23-16-9-10-18(24(2)3)17(12-16)19(25)21-14-7-8-14/h4-6,9-12,14H,7-8H2,1-3H3,(H,21,25)(H2,22,23,26). The number of hydrogen-bond donors (Lipinski definition) is 3. The minimum absolute atomic E-state index is 0.112. The number of amides is 3. The van der Waals surface area contributed by atoms with E-state index in [-0.39, 0.29) is 18.0 Å². The normalized spacial score (nSPS) is 13.0. The summed E-state index contributed by atoms with van der Waals surface area (Å²) in [5.41, 5.74) is 3.72. The first-order chi connectivity index (χ1) is 12.4. The molecule has 0 bridgehead atoms. The number of benzene rings is 2. The van der Waals surface area contributed by atoms with Crippen molar-refractivity contribution in [2.24, 2.45) is 0 Å². The Balaban J connectivity index is 1.74. The Morgan fingerprint density at radius 3 is 2.31 bits per heavy atom. The van der Waals surface area contributed by atoms with Gasteiger partial charge in [0, 0.05) is 37.2 Å². The van der Waals surface area contributed by atoms with Gasteiger partial charge in [0.15, 0.2) is 0 Å². The Labute approximate surface area is 153 Å². The molecule has 0 unspecified atom stereocenters. The number of rotatable bonds is 5. The van der Waals surface area contributed by atoms with Crippen LogP contribution in [0, 0.1) is 6.92 Å².